The van der Waals surface area contributed by atoms with Crippen LogP contribution in [0.3, 0.4) is 0 Å². The maximum Gasteiger partial charge on any atom is 0.295 e. The van der Waals surface area contributed by atoms with E-state index >= 15 is 0 Å². The first-order valence-electron chi connectivity index (χ1n) is 9.66. The van der Waals surface area contributed by atoms with Crippen molar-refractivity contribution >= 4 is 17.4 Å². The summed E-state index contributed by atoms with van der Waals surface area (Å²) in [7, 11) is 0. The lowest BCUT2D eigenvalue weighted by Gasteiger charge is -2.27. The Morgan fingerprint density at radius 1 is 1.10 bits per heavy atom. The zero-order valence-corrected chi connectivity index (χ0v) is 16.1. The monoisotopic (exact) mass is 405 g/mol. The molecule has 1 saturated heterocycles. The SMILES string of the molecule is O=C1C(=O)N(CCC[n+]2cc[nH]c2)C(c2ccccc2F)C1=C([O-])c1ccccc1. The molecule has 1 amide bonds. The van der Waals surface area contributed by atoms with Gasteiger partial charge in [-0.25, -0.2) is 8.96 Å². The zero-order chi connectivity index (χ0) is 21.1. The average molecular weight is 405 g/mol. The number of amides is 1. The van der Waals surface area contributed by atoms with Crippen LogP contribution in [0.4, 0.5) is 4.39 Å². The minimum absolute atomic E-state index is 0.144. The van der Waals surface area contributed by atoms with Crippen molar-refractivity contribution in [1.82, 2.24) is 9.88 Å². The first-order chi connectivity index (χ1) is 14.6. The molecule has 2 heterocycles. The van der Waals surface area contributed by atoms with Gasteiger partial charge in [-0.15, -0.1) is 0 Å². The predicted octanol–water partition coefficient (Wildman–Crippen LogP) is 1.76. The van der Waals surface area contributed by atoms with Crippen LogP contribution in [0.5, 0.6) is 0 Å². The van der Waals surface area contributed by atoms with E-state index in [1.165, 1.54) is 23.1 Å². The summed E-state index contributed by atoms with van der Waals surface area (Å²) >= 11 is 0. The van der Waals surface area contributed by atoms with Crippen LogP contribution in [0.25, 0.3) is 5.76 Å². The second-order valence-corrected chi connectivity index (χ2v) is 7.06. The van der Waals surface area contributed by atoms with Gasteiger partial charge in [-0.05, 0) is 11.6 Å². The maximum absolute atomic E-state index is 14.7. The summed E-state index contributed by atoms with van der Waals surface area (Å²) < 4.78 is 16.6. The van der Waals surface area contributed by atoms with Crippen molar-refractivity contribution in [1.29, 1.82) is 0 Å². The Labute approximate surface area is 172 Å². The standard InChI is InChI=1S/C23H20FN3O3/c24-18-10-5-4-9-17(18)20-19(21(28)16-7-2-1-3-8-16)22(29)23(30)27(20)13-6-12-26-14-11-25-15-26/h1-5,7-11,14-15,20H,6,12-13H2,(H,28,29). The Morgan fingerprint density at radius 2 is 1.83 bits per heavy atom. The van der Waals surface area contributed by atoms with Crippen molar-refractivity contribution in [3.8, 4) is 0 Å². The number of H-pyrrole nitrogens is 1. The molecule has 4 rings (SSSR count). The highest BCUT2D eigenvalue weighted by Crippen LogP contribution is 2.39. The summed E-state index contributed by atoms with van der Waals surface area (Å²) in [5, 5.41) is 13.1. The number of rotatable bonds is 6. The number of ketones is 1. The number of hydrogen-bond acceptors (Lipinski definition) is 3. The largest absolute Gasteiger partial charge is 0.872 e. The van der Waals surface area contributed by atoms with Crippen LogP contribution in [0.1, 0.15) is 23.6 Å². The van der Waals surface area contributed by atoms with E-state index in [4.69, 9.17) is 0 Å². The van der Waals surface area contributed by atoms with Crippen molar-refractivity contribution in [2.24, 2.45) is 0 Å². The van der Waals surface area contributed by atoms with Gasteiger partial charge in [-0.2, -0.15) is 0 Å². The minimum atomic E-state index is -1.05. The number of aromatic amines is 1. The van der Waals surface area contributed by atoms with E-state index in [1.54, 1.807) is 48.9 Å². The first kappa shape index (κ1) is 19.6. The summed E-state index contributed by atoms with van der Waals surface area (Å²) in [4.78, 5) is 29.9. The van der Waals surface area contributed by atoms with E-state index in [9.17, 15) is 19.1 Å². The number of aromatic nitrogens is 2. The van der Waals surface area contributed by atoms with Gasteiger partial charge in [0.15, 0.2) is 0 Å². The first-order valence-corrected chi connectivity index (χ1v) is 9.66. The Kier molecular flexibility index (Phi) is 5.43. The summed E-state index contributed by atoms with van der Waals surface area (Å²) in [5.74, 6) is -2.76. The molecule has 2 aromatic carbocycles. The molecule has 1 aromatic heterocycles. The number of imidazole rings is 1. The number of halogens is 1. The van der Waals surface area contributed by atoms with E-state index in [0.717, 1.165) is 0 Å². The summed E-state index contributed by atoms with van der Waals surface area (Å²) in [6.07, 6.45) is 5.94. The Bertz CT molecular complexity index is 1090. The van der Waals surface area contributed by atoms with Crippen molar-refractivity contribution in [2.45, 2.75) is 19.0 Å². The molecule has 0 aliphatic carbocycles. The fraction of sp³-hybridized carbons (Fsp3) is 0.174. The molecular weight excluding hydrogens is 385 g/mol. The molecule has 1 aliphatic rings. The molecule has 0 spiro atoms. The Balaban J connectivity index is 1.74. The molecule has 0 radical (unpaired) electrons. The fourth-order valence-electron chi connectivity index (χ4n) is 3.75. The van der Waals surface area contributed by atoms with Gasteiger partial charge in [0, 0.05) is 24.1 Å². The lowest BCUT2D eigenvalue weighted by Crippen LogP contribution is -2.36. The lowest BCUT2D eigenvalue weighted by molar-refractivity contribution is -0.695. The number of aryl methyl sites for hydroxylation is 1. The molecule has 0 saturated carbocycles. The lowest BCUT2D eigenvalue weighted by atomic mass is 9.95. The predicted molar refractivity (Wildman–Crippen MR) is 105 cm³/mol. The van der Waals surface area contributed by atoms with Gasteiger partial charge in [-0.1, -0.05) is 54.3 Å². The molecule has 7 heteroatoms. The van der Waals surface area contributed by atoms with Crippen LogP contribution in [-0.4, -0.2) is 28.1 Å². The number of carbonyl (C=O) groups excluding carboxylic acids is 2. The number of likely N-dealkylation sites (tertiary alicyclic amines) is 1. The van der Waals surface area contributed by atoms with E-state index < -0.39 is 29.3 Å². The quantitative estimate of drug-likeness (QED) is 0.294. The molecule has 1 unspecified atom stereocenters. The second kappa shape index (κ2) is 8.32. The minimum Gasteiger partial charge on any atom is -0.872 e. The summed E-state index contributed by atoms with van der Waals surface area (Å²) in [6, 6.07) is 13.2. The molecule has 3 aromatic rings. The van der Waals surface area contributed by atoms with Gasteiger partial charge >= 0.3 is 0 Å². The highest BCUT2D eigenvalue weighted by Gasteiger charge is 2.44. The van der Waals surface area contributed by atoms with Crippen molar-refractivity contribution in [3.05, 3.63) is 95.8 Å². The Morgan fingerprint density at radius 3 is 2.53 bits per heavy atom. The number of benzene rings is 2. The van der Waals surface area contributed by atoms with Crippen LogP contribution in [0.2, 0.25) is 0 Å². The number of carbonyl (C=O) groups is 2. The molecule has 6 nitrogen and oxygen atoms in total. The maximum atomic E-state index is 14.7. The fourth-order valence-corrected chi connectivity index (χ4v) is 3.75. The Hall–Kier alpha value is -3.74. The molecule has 1 fully saturated rings. The number of nitrogens with zero attached hydrogens (tertiary/aromatic N) is 2. The van der Waals surface area contributed by atoms with E-state index in [-0.39, 0.29) is 17.7 Å². The molecule has 1 atom stereocenters. The van der Waals surface area contributed by atoms with Crippen LogP contribution in [0.15, 0.2) is 78.9 Å². The zero-order valence-electron chi connectivity index (χ0n) is 16.1. The van der Waals surface area contributed by atoms with Crippen molar-refractivity contribution in [2.75, 3.05) is 6.54 Å². The normalized spacial score (nSPS) is 18.2. The van der Waals surface area contributed by atoms with Gasteiger partial charge in [0.1, 0.15) is 18.2 Å². The number of nitrogens with one attached hydrogen (secondary N) is 1. The van der Waals surface area contributed by atoms with E-state index in [2.05, 4.69) is 4.98 Å². The third kappa shape index (κ3) is 3.61. The van der Waals surface area contributed by atoms with E-state index in [1.807, 2.05) is 10.8 Å². The molecule has 1 aliphatic heterocycles. The van der Waals surface area contributed by atoms with Crippen LogP contribution < -0.4 is 9.67 Å². The topological polar surface area (TPSA) is 80.1 Å². The highest BCUT2D eigenvalue weighted by atomic mass is 19.1. The molecule has 152 valence electrons. The molecule has 0 bridgehead atoms. The smallest absolute Gasteiger partial charge is 0.295 e. The van der Waals surface area contributed by atoms with Gasteiger partial charge in [0.2, 0.25) is 12.1 Å². The van der Waals surface area contributed by atoms with Gasteiger partial charge in [0.05, 0.1) is 12.6 Å². The molecular formula is C23H20FN3O3. The van der Waals surface area contributed by atoms with Crippen molar-refractivity contribution in [3.63, 3.8) is 0 Å². The van der Waals surface area contributed by atoms with Gasteiger partial charge in [0.25, 0.3) is 5.91 Å². The number of hydrogen-bond donors (Lipinski definition) is 1. The summed E-state index contributed by atoms with van der Waals surface area (Å²) in [5.41, 5.74) is 0.232. The van der Waals surface area contributed by atoms with Crippen LogP contribution in [0, 0.1) is 5.82 Å². The van der Waals surface area contributed by atoms with Crippen LogP contribution in [-0.2, 0) is 16.1 Å². The van der Waals surface area contributed by atoms with Crippen molar-refractivity contribution < 1.29 is 23.7 Å². The van der Waals surface area contributed by atoms with Gasteiger partial charge in [-0.3, -0.25) is 14.6 Å². The third-order valence-electron chi connectivity index (χ3n) is 5.18. The molecule has 1 N–H and O–H groups in total. The van der Waals surface area contributed by atoms with Crippen LogP contribution >= 0.6 is 0 Å². The summed E-state index contributed by atoms with van der Waals surface area (Å²) in [6.45, 7) is 0.820. The van der Waals surface area contributed by atoms with E-state index in [0.29, 0.717) is 18.5 Å². The highest BCUT2D eigenvalue weighted by molar-refractivity contribution is 6.46. The second-order valence-electron chi connectivity index (χ2n) is 7.06. The molecule has 30 heavy (non-hydrogen) atoms. The average Bonchev–Trinajstić information content (AvgIpc) is 3.37. The number of Topliss-reactive ketones (excluding diaryl/α,β-unsaturated/α-hetero) is 1. The third-order valence-corrected chi connectivity index (χ3v) is 5.18. The van der Waals surface area contributed by atoms with Gasteiger partial charge < -0.3 is 10.0 Å².